The summed E-state index contributed by atoms with van der Waals surface area (Å²) in [6, 6.07) is 2.54. The van der Waals surface area contributed by atoms with E-state index in [2.05, 4.69) is 15.9 Å². The van der Waals surface area contributed by atoms with Crippen molar-refractivity contribution >= 4 is 21.9 Å². The maximum atomic E-state index is 12.7. The van der Waals surface area contributed by atoms with E-state index in [0.717, 1.165) is 6.07 Å². The van der Waals surface area contributed by atoms with Crippen LogP contribution < -0.4 is 5.73 Å². The highest BCUT2D eigenvalue weighted by molar-refractivity contribution is 9.10. The average Bonchev–Trinajstić information content (AvgIpc) is 2.08. The Bertz CT molecular complexity index is 343. The second-order valence-corrected chi connectivity index (χ2v) is 3.34. The molecule has 1 unspecified atom stereocenters. The Morgan fingerprint density at radius 2 is 2.23 bits per heavy atom. The second kappa shape index (κ2) is 3.85. The number of nitrogens with two attached hydrogens (primary N) is 1. The van der Waals surface area contributed by atoms with Gasteiger partial charge >= 0.3 is 5.97 Å². The van der Waals surface area contributed by atoms with Gasteiger partial charge in [0.2, 0.25) is 0 Å². The molecule has 0 amide bonds. The van der Waals surface area contributed by atoms with Gasteiger partial charge in [-0.2, -0.15) is 0 Å². The van der Waals surface area contributed by atoms with Crippen LogP contribution in [0.4, 0.5) is 4.39 Å². The van der Waals surface area contributed by atoms with Gasteiger partial charge in [-0.05, 0) is 23.8 Å². The first-order valence-corrected chi connectivity index (χ1v) is 4.25. The van der Waals surface area contributed by atoms with Gasteiger partial charge in [0, 0.05) is 4.47 Å². The van der Waals surface area contributed by atoms with Crippen LogP contribution in [0.5, 0.6) is 0 Å². The quantitative estimate of drug-likeness (QED) is 0.836. The molecular formula is C8H7BrFNO2. The highest BCUT2D eigenvalue weighted by Gasteiger charge is 2.17. The lowest BCUT2D eigenvalue weighted by Gasteiger charge is -2.08. The topological polar surface area (TPSA) is 63.3 Å². The Morgan fingerprint density at radius 1 is 1.62 bits per heavy atom. The number of carboxylic acids is 1. The lowest BCUT2D eigenvalue weighted by atomic mass is 10.1. The fourth-order valence-electron chi connectivity index (χ4n) is 0.886. The van der Waals surface area contributed by atoms with Crippen LogP contribution in [0.25, 0.3) is 0 Å². The first kappa shape index (κ1) is 10.1. The Hall–Kier alpha value is -0.940. The third kappa shape index (κ3) is 2.26. The van der Waals surface area contributed by atoms with E-state index in [4.69, 9.17) is 10.8 Å². The van der Waals surface area contributed by atoms with Crippen LogP contribution in [-0.2, 0) is 4.79 Å². The van der Waals surface area contributed by atoms with Crippen LogP contribution in [0.15, 0.2) is 22.7 Å². The fraction of sp³-hybridized carbons (Fsp3) is 0.125. The van der Waals surface area contributed by atoms with Gasteiger partial charge in [-0.1, -0.05) is 15.9 Å². The van der Waals surface area contributed by atoms with Gasteiger partial charge in [0.15, 0.2) is 0 Å². The molecule has 1 rings (SSSR count). The number of rotatable bonds is 2. The number of halogens is 2. The Balaban J connectivity index is 3.12. The van der Waals surface area contributed by atoms with Gasteiger partial charge < -0.3 is 10.8 Å². The van der Waals surface area contributed by atoms with Gasteiger partial charge in [-0.3, -0.25) is 4.79 Å². The van der Waals surface area contributed by atoms with E-state index in [1.54, 1.807) is 0 Å². The Labute approximate surface area is 82.5 Å². The number of hydrogen-bond donors (Lipinski definition) is 2. The summed E-state index contributed by atoms with van der Waals surface area (Å²) in [5, 5.41) is 8.58. The summed E-state index contributed by atoms with van der Waals surface area (Å²) in [6.45, 7) is 0. The van der Waals surface area contributed by atoms with E-state index >= 15 is 0 Å². The van der Waals surface area contributed by atoms with E-state index in [1.807, 2.05) is 0 Å². The van der Waals surface area contributed by atoms with E-state index < -0.39 is 17.8 Å². The van der Waals surface area contributed by atoms with Crippen LogP contribution in [0.2, 0.25) is 0 Å². The first-order valence-electron chi connectivity index (χ1n) is 3.45. The number of carbonyl (C=O) groups is 1. The largest absolute Gasteiger partial charge is 0.480 e. The summed E-state index contributed by atoms with van der Waals surface area (Å²) < 4.78 is 13.2. The predicted molar refractivity (Wildman–Crippen MR) is 48.7 cm³/mol. The first-order chi connectivity index (χ1) is 6.02. The van der Waals surface area contributed by atoms with E-state index in [0.29, 0.717) is 4.47 Å². The summed E-state index contributed by atoms with van der Waals surface area (Å²) in [5.41, 5.74) is 5.54. The van der Waals surface area contributed by atoms with Crippen LogP contribution in [0.1, 0.15) is 11.6 Å². The second-order valence-electron chi connectivity index (χ2n) is 2.48. The van der Waals surface area contributed by atoms with Gasteiger partial charge in [0.05, 0.1) is 0 Å². The molecule has 0 saturated carbocycles. The van der Waals surface area contributed by atoms with Crippen molar-refractivity contribution in [1.82, 2.24) is 0 Å². The SMILES string of the molecule is NC(C(=O)O)c1cc(F)ccc1Br. The van der Waals surface area contributed by atoms with Gasteiger partial charge in [0.1, 0.15) is 11.9 Å². The molecule has 3 nitrogen and oxygen atoms in total. The van der Waals surface area contributed by atoms with Crippen molar-refractivity contribution in [1.29, 1.82) is 0 Å². The number of carboxylic acid groups (broad SMARTS) is 1. The zero-order chi connectivity index (χ0) is 10.0. The van der Waals surface area contributed by atoms with Crippen molar-refractivity contribution < 1.29 is 14.3 Å². The number of hydrogen-bond acceptors (Lipinski definition) is 2. The third-order valence-corrected chi connectivity index (χ3v) is 2.28. The van der Waals surface area contributed by atoms with E-state index in [-0.39, 0.29) is 5.56 Å². The normalized spacial score (nSPS) is 12.5. The summed E-state index contributed by atoms with van der Waals surface area (Å²) in [6.07, 6.45) is 0. The molecule has 0 spiro atoms. The number of aliphatic carboxylic acids is 1. The molecule has 0 aliphatic heterocycles. The van der Waals surface area contributed by atoms with Gasteiger partial charge in [0.25, 0.3) is 0 Å². The zero-order valence-corrected chi connectivity index (χ0v) is 8.08. The van der Waals surface area contributed by atoms with Crippen LogP contribution >= 0.6 is 15.9 Å². The van der Waals surface area contributed by atoms with Crippen LogP contribution in [-0.4, -0.2) is 11.1 Å². The molecule has 0 radical (unpaired) electrons. The minimum absolute atomic E-state index is 0.229. The highest BCUT2D eigenvalue weighted by atomic mass is 79.9. The molecule has 5 heteroatoms. The summed E-state index contributed by atoms with van der Waals surface area (Å²) in [7, 11) is 0. The molecule has 0 bridgehead atoms. The van der Waals surface area contributed by atoms with Crippen molar-refractivity contribution in [2.75, 3.05) is 0 Å². The monoisotopic (exact) mass is 247 g/mol. The fourth-order valence-corrected chi connectivity index (χ4v) is 1.38. The smallest absolute Gasteiger partial charge is 0.325 e. The zero-order valence-electron chi connectivity index (χ0n) is 6.50. The van der Waals surface area contributed by atoms with E-state index in [9.17, 15) is 9.18 Å². The van der Waals surface area contributed by atoms with Crippen LogP contribution in [0, 0.1) is 5.82 Å². The lowest BCUT2D eigenvalue weighted by molar-refractivity contribution is -0.138. The van der Waals surface area contributed by atoms with Crippen LogP contribution in [0.3, 0.4) is 0 Å². The summed E-state index contributed by atoms with van der Waals surface area (Å²) >= 11 is 3.09. The predicted octanol–water partition coefficient (Wildman–Crippen LogP) is 1.67. The van der Waals surface area contributed by atoms with Gasteiger partial charge in [-0.25, -0.2) is 4.39 Å². The van der Waals surface area contributed by atoms with Crippen molar-refractivity contribution in [2.24, 2.45) is 5.73 Å². The third-order valence-electron chi connectivity index (χ3n) is 1.56. The molecule has 70 valence electrons. The van der Waals surface area contributed by atoms with Crippen molar-refractivity contribution in [3.8, 4) is 0 Å². The van der Waals surface area contributed by atoms with E-state index in [1.165, 1.54) is 12.1 Å². The van der Waals surface area contributed by atoms with Crippen molar-refractivity contribution in [2.45, 2.75) is 6.04 Å². The molecule has 0 heterocycles. The maximum absolute atomic E-state index is 12.7. The Morgan fingerprint density at radius 3 is 2.77 bits per heavy atom. The Kier molecular flexibility index (Phi) is 3.00. The lowest BCUT2D eigenvalue weighted by Crippen LogP contribution is -2.21. The highest BCUT2D eigenvalue weighted by Crippen LogP contribution is 2.22. The molecule has 1 aromatic carbocycles. The molecule has 1 aromatic rings. The number of benzene rings is 1. The molecular weight excluding hydrogens is 241 g/mol. The molecule has 0 aromatic heterocycles. The molecule has 13 heavy (non-hydrogen) atoms. The standard InChI is InChI=1S/C8H7BrFNO2/c9-6-2-1-4(10)3-5(6)7(11)8(12)13/h1-3,7H,11H2,(H,12,13). The van der Waals surface area contributed by atoms with Crippen molar-refractivity contribution in [3.05, 3.63) is 34.1 Å². The molecule has 0 saturated heterocycles. The summed E-state index contributed by atoms with van der Waals surface area (Å²) in [4.78, 5) is 10.5. The molecule has 3 N–H and O–H groups in total. The average molecular weight is 248 g/mol. The minimum Gasteiger partial charge on any atom is -0.480 e. The summed E-state index contributed by atoms with van der Waals surface area (Å²) in [5.74, 6) is -1.69. The molecule has 0 aliphatic rings. The molecule has 0 fully saturated rings. The minimum atomic E-state index is -1.20. The maximum Gasteiger partial charge on any atom is 0.325 e. The molecule has 1 atom stereocenters. The van der Waals surface area contributed by atoms with Gasteiger partial charge in [-0.15, -0.1) is 0 Å². The molecule has 0 aliphatic carbocycles. The van der Waals surface area contributed by atoms with Crippen molar-refractivity contribution in [3.63, 3.8) is 0 Å².